The van der Waals surface area contributed by atoms with Crippen molar-refractivity contribution in [3.63, 3.8) is 0 Å². The Balaban J connectivity index is 1.89. The molecule has 1 fully saturated rings. The number of halogens is 1. The molecule has 1 saturated heterocycles. The number of rotatable bonds is 9. The van der Waals surface area contributed by atoms with Gasteiger partial charge in [0.05, 0.1) is 38.4 Å². The summed E-state index contributed by atoms with van der Waals surface area (Å²) in [4.78, 5) is 20.4. The van der Waals surface area contributed by atoms with Crippen molar-refractivity contribution >= 4 is 23.5 Å². The first-order chi connectivity index (χ1) is 14.0. The van der Waals surface area contributed by atoms with E-state index in [1.165, 1.54) is 0 Å². The molecule has 0 spiro atoms. The molecule has 29 heavy (non-hydrogen) atoms. The number of hydrogen-bond donors (Lipinski definition) is 2. The molecule has 9 heteroatoms. The molecule has 162 valence electrons. The zero-order chi connectivity index (χ0) is 21.1. The quantitative estimate of drug-likeness (QED) is 0.351. The number of likely N-dealkylation sites (N-methyl/N-ethyl adjacent to an activating group) is 1. The topological polar surface area (TPSA) is 78.4 Å². The summed E-state index contributed by atoms with van der Waals surface area (Å²) in [5, 5.41) is 6.97. The smallest absolute Gasteiger partial charge is 0.241 e. The molecule has 0 bridgehead atoms. The molecule has 0 unspecified atom stereocenters. The number of methoxy groups -OCH3 is 1. The maximum atomic E-state index is 11.9. The SMILES string of the molecule is COc1ccc(CN=C(NCCCN2CCOCC2)NCC(=O)N(C)C)cc1Cl. The third kappa shape index (κ3) is 8.47. The van der Waals surface area contributed by atoms with E-state index in [4.69, 9.17) is 21.1 Å². The van der Waals surface area contributed by atoms with Crippen LogP contribution in [0, 0.1) is 0 Å². The molecule has 0 aromatic heterocycles. The second-order valence-corrected chi connectivity index (χ2v) is 7.42. The first-order valence-corrected chi connectivity index (χ1v) is 10.2. The number of carbonyl (C=O) groups is 1. The Bertz CT molecular complexity index is 678. The first kappa shape index (κ1) is 23.3. The van der Waals surface area contributed by atoms with Gasteiger partial charge >= 0.3 is 0 Å². The lowest BCUT2D eigenvalue weighted by Gasteiger charge is -2.26. The Morgan fingerprint density at radius 2 is 2.07 bits per heavy atom. The number of hydrogen-bond acceptors (Lipinski definition) is 5. The Morgan fingerprint density at radius 1 is 1.31 bits per heavy atom. The number of nitrogens with zero attached hydrogens (tertiary/aromatic N) is 3. The molecule has 1 aromatic carbocycles. The average molecular weight is 426 g/mol. The Morgan fingerprint density at radius 3 is 2.72 bits per heavy atom. The van der Waals surface area contributed by atoms with Crippen molar-refractivity contribution in [2.24, 2.45) is 4.99 Å². The average Bonchev–Trinajstić information content (AvgIpc) is 2.73. The van der Waals surface area contributed by atoms with E-state index in [2.05, 4.69) is 20.5 Å². The van der Waals surface area contributed by atoms with Crippen LogP contribution in [0.15, 0.2) is 23.2 Å². The zero-order valence-electron chi connectivity index (χ0n) is 17.5. The highest BCUT2D eigenvalue weighted by molar-refractivity contribution is 6.32. The van der Waals surface area contributed by atoms with E-state index in [-0.39, 0.29) is 12.5 Å². The summed E-state index contributed by atoms with van der Waals surface area (Å²) in [6.07, 6.45) is 0.983. The van der Waals surface area contributed by atoms with Gasteiger partial charge in [0.25, 0.3) is 0 Å². The van der Waals surface area contributed by atoms with Crippen LogP contribution in [0.1, 0.15) is 12.0 Å². The van der Waals surface area contributed by atoms with E-state index in [0.717, 1.165) is 51.4 Å². The summed E-state index contributed by atoms with van der Waals surface area (Å²) in [6.45, 7) is 5.97. The molecule has 0 atom stereocenters. The highest BCUT2D eigenvalue weighted by Gasteiger charge is 2.10. The lowest BCUT2D eigenvalue weighted by Crippen LogP contribution is -2.44. The molecule has 2 rings (SSSR count). The van der Waals surface area contributed by atoms with E-state index < -0.39 is 0 Å². The summed E-state index contributed by atoms with van der Waals surface area (Å²) in [5.74, 6) is 1.23. The minimum atomic E-state index is -0.0136. The molecule has 1 heterocycles. The van der Waals surface area contributed by atoms with Crippen LogP contribution in [0.2, 0.25) is 5.02 Å². The number of carbonyl (C=O) groups excluding carboxylic acids is 1. The van der Waals surface area contributed by atoms with Gasteiger partial charge in [0.2, 0.25) is 5.91 Å². The highest BCUT2D eigenvalue weighted by Crippen LogP contribution is 2.25. The number of aliphatic imine (C=N–C) groups is 1. The van der Waals surface area contributed by atoms with Crippen molar-refractivity contribution < 1.29 is 14.3 Å². The standard InChI is InChI=1S/C20H32ClN5O3/c1-25(2)19(27)15-24-20(22-7-4-8-26-9-11-29-12-10-26)23-14-16-5-6-18(28-3)17(21)13-16/h5-6,13H,4,7-12,14-15H2,1-3H3,(H2,22,23,24). The van der Waals surface area contributed by atoms with Gasteiger partial charge in [0, 0.05) is 33.7 Å². The predicted molar refractivity (Wildman–Crippen MR) is 116 cm³/mol. The fourth-order valence-electron chi connectivity index (χ4n) is 2.80. The monoisotopic (exact) mass is 425 g/mol. The van der Waals surface area contributed by atoms with Crippen LogP contribution in [0.3, 0.4) is 0 Å². The minimum Gasteiger partial charge on any atom is -0.495 e. The fourth-order valence-corrected chi connectivity index (χ4v) is 3.08. The van der Waals surface area contributed by atoms with Crippen molar-refractivity contribution in [2.45, 2.75) is 13.0 Å². The van der Waals surface area contributed by atoms with E-state index in [9.17, 15) is 4.79 Å². The van der Waals surface area contributed by atoms with Gasteiger partial charge in [-0.05, 0) is 30.7 Å². The van der Waals surface area contributed by atoms with Crippen molar-refractivity contribution in [1.29, 1.82) is 0 Å². The van der Waals surface area contributed by atoms with Gasteiger partial charge in [-0.25, -0.2) is 4.99 Å². The number of nitrogens with one attached hydrogen (secondary N) is 2. The van der Waals surface area contributed by atoms with Crippen LogP contribution in [-0.4, -0.2) is 88.8 Å². The Kier molecular flexibility index (Phi) is 10.0. The van der Waals surface area contributed by atoms with E-state index in [1.54, 1.807) is 26.1 Å². The molecule has 1 aliphatic rings. The predicted octanol–water partition coefficient (Wildman–Crippen LogP) is 1.19. The molecule has 0 aliphatic carbocycles. The van der Waals surface area contributed by atoms with Crippen LogP contribution >= 0.6 is 11.6 Å². The summed E-state index contributed by atoms with van der Waals surface area (Å²) >= 11 is 6.19. The van der Waals surface area contributed by atoms with Gasteiger partial charge in [-0.3, -0.25) is 9.69 Å². The molecule has 2 N–H and O–H groups in total. The number of ether oxygens (including phenoxy) is 2. The van der Waals surface area contributed by atoms with Gasteiger partial charge in [-0.2, -0.15) is 0 Å². The van der Waals surface area contributed by atoms with Gasteiger partial charge in [-0.15, -0.1) is 0 Å². The largest absolute Gasteiger partial charge is 0.495 e. The van der Waals surface area contributed by atoms with Crippen molar-refractivity contribution in [1.82, 2.24) is 20.4 Å². The molecular formula is C20H32ClN5O3. The summed E-state index contributed by atoms with van der Waals surface area (Å²) in [5.41, 5.74) is 0.962. The number of benzene rings is 1. The number of morpholine rings is 1. The van der Waals surface area contributed by atoms with Gasteiger partial charge in [0.1, 0.15) is 5.75 Å². The second kappa shape index (κ2) is 12.5. The van der Waals surface area contributed by atoms with E-state index >= 15 is 0 Å². The minimum absolute atomic E-state index is 0.0136. The summed E-state index contributed by atoms with van der Waals surface area (Å²) < 4.78 is 10.6. The fraction of sp³-hybridized carbons (Fsp3) is 0.600. The zero-order valence-corrected chi connectivity index (χ0v) is 18.3. The Hall–Kier alpha value is -2.03. The van der Waals surface area contributed by atoms with Gasteiger partial charge < -0.3 is 25.0 Å². The molecule has 1 aliphatic heterocycles. The number of amides is 1. The molecule has 1 amide bonds. The van der Waals surface area contributed by atoms with Crippen LogP contribution < -0.4 is 15.4 Å². The van der Waals surface area contributed by atoms with Gasteiger partial charge in [0.15, 0.2) is 5.96 Å². The van der Waals surface area contributed by atoms with Crippen LogP contribution in [0.25, 0.3) is 0 Å². The lowest BCUT2D eigenvalue weighted by atomic mass is 10.2. The second-order valence-electron chi connectivity index (χ2n) is 7.01. The summed E-state index contributed by atoms with van der Waals surface area (Å²) in [6, 6.07) is 5.59. The van der Waals surface area contributed by atoms with Crippen molar-refractivity contribution in [3.05, 3.63) is 28.8 Å². The normalized spacial score (nSPS) is 15.1. The first-order valence-electron chi connectivity index (χ1n) is 9.84. The maximum absolute atomic E-state index is 11.9. The molecular weight excluding hydrogens is 394 g/mol. The molecule has 0 radical (unpaired) electrons. The summed E-state index contributed by atoms with van der Waals surface area (Å²) in [7, 11) is 5.05. The Labute approximate surface area is 178 Å². The highest BCUT2D eigenvalue weighted by atomic mass is 35.5. The van der Waals surface area contributed by atoms with Gasteiger partial charge in [-0.1, -0.05) is 17.7 Å². The van der Waals surface area contributed by atoms with E-state index in [0.29, 0.717) is 23.3 Å². The van der Waals surface area contributed by atoms with Crippen LogP contribution in [-0.2, 0) is 16.1 Å². The van der Waals surface area contributed by atoms with E-state index in [1.807, 2.05) is 18.2 Å². The van der Waals surface area contributed by atoms with Crippen molar-refractivity contribution in [2.75, 3.05) is 67.1 Å². The third-order valence-corrected chi connectivity index (χ3v) is 4.88. The van der Waals surface area contributed by atoms with Crippen molar-refractivity contribution in [3.8, 4) is 5.75 Å². The van der Waals surface area contributed by atoms with Crippen LogP contribution in [0.4, 0.5) is 0 Å². The lowest BCUT2D eigenvalue weighted by molar-refractivity contribution is -0.127. The maximum Gasteiger partial charge on any atom is 0.241 e. The third-order valence-electron chi connectivity index (χ3n) is 4.59. The van der Waals surface area contributed by atoms with Crippen LogP contribution in [0.5, 0.6) is 5.75 Å². The molecule has 8 nitrogen and oxygen atoms in total. The number of guanidine groups is 1. The molecule has 0 saturated carbocycles. The molecule has 1 aromatic rings.